The highest BCUT2D eigenvalue weighted by Gasteiger charge is 2.32. The smallest absolute Gasteiger partial charge is 0.417 e. The summed E-state index contributed by atoms with van der Waals surface area (Å²) in [4.78, 5) is 6.54. The average Bonchev–Trinajstić information content (AvgIpc) is 3.12. The molecule has 0 aliphatic rings. The van der Waals surface area contributed by atoms with Gasteiger partial charge in [-0.25, -0.2) is 4.98 Å². The second-order valence-corrected chi connectivity index (χ2v) is 5.88. The number of methoxy groups -OCH3 is 1. The Morgan fingerprint density at radius 3 is 2.30 bits per heavy atom. The molecule has 0 atom stereocenters. The number of ether oxygens (including phenoxy) is 2. The number of hydrogen-bond acceptors (Lipinski definition) is 4. The van der Waals surface area contributed by atoms with Crippen molar-refractivity contribution in [1.29, 1.82) is 0 Å². The van der Waals surface area contributed by atoms with E-state index >= 15 is 0 Å². The van der Waals surface area contributed by atoms with Gasteiger partial charge in [-0.3, -0.25) is 0 Å². The number of benzene rings is 1. The van der Waals surface area contributed by atoms with Crippen molar-refractivity contribution in [2.45, 2.75) is 19.4 Å². The summed E-state index contributed by atoms with van der Waals surface area (Å²) in [6.45, 7) is 0.757. The Hall–Kier alpha value is -3.00. The summed E-state index contributed by atoms with van der Waals surface area (Å²) in [5.41, 5.74) is 1.38. The number of aromatic amines is 1. The number of aromatic hydroxyl groups is 1. The van der Waals surface area contributed by atoms with Gasteiger partial charge >= 0.3 is 6.18 Å². The van der Waals surface area contributed by atoms with E-state index in [-0.39, 0.29) is 29.5 Å². The molecule has 2 heterocycles. The van der Waals surface area contributed by atoms with Crippen molar-refractivity contribution in [2.24, 2.45) is 0 Å². The Bertz CT molecular complexity index is 905. The van der Waals surface area contributed by atoms with Crippen LogP contribution in [-0.2, 0) is 24.1 Å². The van der Waals surface area contributed by atoms with E-state index in [0.717, 1.165) is 23.4 Å². The van der Waals surface area contributed by atoms with Crippen LogP contribution < -0.4 is 4.74 Å². The highest BCUT2D eigenvalue weighted by molar-refractivity contribution is 5.67. The molecule has 27 heavy (non-hydrogen) atoms. The molecule has 0 fully saturated rings. The number of nitrogens with one attached hydrogen (secondary N) is 1. The quantitative estimate of drug-likeness (QED) is 0.662. The van der Waals surface area contributed by atoms with Crippen LogP contribution >= 0.6 is 0 Å². The van der Waals surface area contributed by atoms with E-state index in [4.69, 9.17) is 9.47 Å². The lowest BCUT2D eigenvalue weighted by Gasteiger charge is -2.08. The van der Waals surface area contributed by atoms with E-state index in [0.29, 0.717) is 6.61 Å². The number of H-pyrrole nitrogens is 1. The number of hydrogen-bond donors (Lipinski definition) is 2. The van der Waals surface area contributed by atoms with Crippen LogP contribution in [0.5, 0.6) is 11.6 Å². The standard InChI is InChI=1S/C19H17F3N2O3/c1-26-10-12-2-4-13(5-3-12)11-27-18-7-17(25)15(9-24-18)16-6-14(8-23-16)19(20,21)22/h2-9,23H,10-11H2,1H3,(H,24,25). The molecule has 0 saturated carbocycles. The molecular formula is C19H17F3N2O3. The van der Waals surface area contributed by atoms with Crippen LogP contribution in [0.1, 0.15) is 16.7 Å². The van der Waals surface area contributed by atoms with E-state index in [1.165, 1.54) is 12.3 Å². The number of halogens is 3. The van der Waals surface area contributed by atoms with Crippen LogP contribution in [0.3, 0.4) is 0 Å². The zero-order valence-electron chi connectivity index (χ0n) is 14.4. The van der Waals surface area contributed by atoms with Gasteiger partial charge in [0.05, 0.1) is 23.4 Å². The van der Waals surface area contributed by atoms with Crippen molar-refractivity contribution in [2.75, 3.05) is 7.11 Å². The second-order valence-electron chi connectivity index (χ2n) is 5.88. The Morgan fingerprint density at radius 2 is 1.74 bits per heavy atom. The number of rotatable bonds is 6. The van der Waals surface area contributed by atoms with Gasteiger partial charge in [0, 0.05) is 25.6 Å². The molecule has 0 unspecified atom stereocenters. The molecule has 8 heteroatoms. The average molecular weight is 378 g/mol. The van der Waals surface area contributed by atoms with Crippen LogP contribution in [0, 0.1) is 0 Å². The topological polar surface area (TPSA) is 67.4 Å². The fraction of sp³-hybridized carbons (Fsp3) is 0.211. The predicted octanol–water partition coefficient (Wildman–Crippen LogP) is 4.53. The fourth-order valence-corrected chi connectivity index (χ4v) is 2.48. The highest BCUT2D eigenvalue weighted by atomic mass is 19.4. The molecular weight excluding hydrogens is 361 g/mol. The number of aromatic nitrogens is 2. The summed E-state index contributed by atoms with van der Waals surface area (Å²) in [5.74, 6) is -0.0640. The van der Waals surface area contributed by atoms with Crippen LogP contribution in [0.15, 0.2) is 48.8 Å². The van der Waals surface area contributed by atoms with Crippen LogP contribution in [0.2, 0.25) is 0 Å². The minimum atomic E-state index is -4.46. The van der Waals surface area contributed by atoms with Crippen LogP contribution in [0.4, 0.5) is 13.2 Å². The van der Waals surface area contributed by atoms with Gasteiger partial charge in [0.1, 0.15) is 12.4 Å². The van der Waals surface area contributed by atoms with Crippen molar-refractivity contribution < 1.29 is 27.8 Å². The summed E-state index contributed by atoms with van der Waals surface area (Å²) in [6, 6.07) is 9.79. The van der Waals surface area contributed by atoms with Crippen molar-refractivity contribution in [1.82, 2.24) is 9.97 Å². The number of alkyl halides is 3. The van der Waals surface area contributed by atoms with Gasteiger partial charge in [-0.05, 0) is 17.2 Å². The van der Waals surface area contributed by atoms with Crippen LogP contribution in [0.25, 0.3) is 11.3 Å². The number of nitrogens with zero attached hydrogens (tertiary/aromatic N) is 1. The van der Waals surface area contributed by atoms with Gasteiger partial charge in [-0.2, -0.15) is 13.2 Å². The molecule has 0 radical (unpaired) electrons. The molecule has 0 spiro atoms. The molecule has 3 rings (SSSR count). The molecule has 2 N–H and O–H groups in total. The molecule has 3 aromatic rings. The molecule has 5 nitrogen and oxygen atoms in total. The van der Waals surface area contributed by atoms with Gasteiger partial charge in [0.2, 0.25) is 5.88 Å². The second kappa shape index (κ2) is 7.71. The molecule has 0 amide bonds. The van der Waals surface area contributed by atoms with E-state index in [1.54, 1.807) is 7.11 Å². The van der Waals surface area contributed by atoms with Crippen molar-refractivity contribution in [3.8, 4) is 22.9 Å². The Morgan fingerprint density at radius 1 is 1.07 bits per heavy atom. The van der Waals surface area contributed by atoms with Crippen molar-refractivity contribution >= 4 is 0 Å². The van der Waals surface area contributed by atoms with E-state index in [9.17, 15) is 18.3 Å². The van der Waals surface area contributed by atoms with Crippen molar-refractivity contribution in [3.05, 3.63) is 65.5 Å². The van der Waals surface area contributed by atoms with Crippen LogP contribution in [-0.4, -0.2) is 22.2 Å². The van der Waals surface area contributed by atoms with E-state index in [2.05, 4.69) is 9.97 Å². The minimum absolute atomic E-state index is 0.118. The van der Waals surface area contributed by atoms with E-state index in [1.807, 2.05) is 24.3 Å². The van der Waals surface area contributed by atoms with Gasteiger partial charge in [-0.15, -0.1) is 0 Å². The maximum Gasteiger partial charge on any atom is 0.417 e. The lowest BCUT2D eigenvalue weighted by atomic mass is 10.1. The molecule has 2 aromatic heterocycles. The maximum atomic E-state index is 12.7. The third-order valence-corrected chi connectivity index (χ3v) is 3.88. The van der Waals surface area contributed by atoms with Gasteiger partial charge in [0.25, 0.3) is 0 Å². The highest BCUT2D eigenvalue weighted by Crippen LogP contribution is 2.35. The van der Waals surface area contributed by atoms with Crippen molar-refractivity contribution in [3.63, 3.8) is 0 Å². The molecule has 0 aliphatic heterocycles. The molecule has 0 bridgehead atoms. The summed E-state index contributed by atoms with van der Waals surface area (Å²) in [7, 11) is 1.62. The monoisotopic (exact) mass is 378 g/mol. The third-order valence-electron chi connectivity index (χ3n) is 3.88. The summed E-state index contributed by atoms with van der Waals surface area (Å²) < 4.78 is 48.6. The SMILES string of the molecule is COCc1ccc(COc2cc(O)c(-c3cc(C(F)(F)F)c[nH]3)cn2)cc1. The molecule has 0 aliphatic carbocycles. The Kier molecular flexibility index (Phi) is 5.36. The first-order valence-corrected chi connectivity index (χ1v) is 8.01. The van der Waals surface area contributed by atoms with Gasteiger partial charge in [0.15, 0.2) is 0 Å². The lowest BCUT2D eigenvalue weighted by Crippen LogP contribution is -2.02. The first-order valence-electron chi connectivity index (χ1n) is 8.01. The summed E-state index contributed by atoms with van der Waals surface area (Å²) in [5, 5.41) is 10.1. The zero-order chi connectivity index (χ0) is 19.4. The van der Waals surface area contributed by atoms with Gasteiger partial charge < -0.3 is 19.6 Å². The number of pyridine rings is 1. The maximum absolute atomic E-state index is 12.7. The molecule has 1 aromatic carbocycles. The lowest BCUT2D eigenvalue weighted by molar-refractivity contribution is -0.137. The summed E-state index contributed by atoms with van der Waals surface area (Å²) >= 11 is 0. The first kappa shape index (κ1) is 18.8. The molecule has 142 valence electrons. The largest absolute Gasteiger partial charge is 0.507 e. The van der Waals surface area contributed by atoms with E-state index < -0.39 is 11.7 Å². The minimum Gasteiger partial charge on any atom is -0.507 e. The Balaban J connectivity index is 1.68. The summed E-state index contributed by atoms with van der Waals surface area (Å²) in [6.07, 6.45) is -2.36. The molecule has 0 saturated heterocycles. The Labute approximate surface area is 153 Å². The zero-order valence-corrected chi connectivity index (χ0v) is 14.4. The third kappa shape index (κ3) is 4.59. The fourth-order valence-electron chi connectivity index (χ4n) is 2.48. The van der Waals surface area contributed by atoms with Gasteiger partial charge in [-0.1, -0.05) is 24.3 Å². The first-order chi connectivity index (χ1) is 12.9. The normalized spacial score (nSPS) is 11.6. The predicted molar refractivity (Wildman–Crippen MR) is 92.2 cm³/mol.